The van der Waals surface area contributed by atoms with E-state index in [0.29, 0.717) is 12.8 Å². The minimum absolute atomic E-state index is 0.00514. The second-order valence-corrected chi connectivity index (χ2v) is 3.90. The summed E-state index contributed by atoms with van der Waals surface area (Å²) < 4.78 is 0. The summed E-state index contributed by atoms with van der Waals surface area (Å²) in [5, 5.41) is 25.6. The highest BCUT2D eigenvalue weighted by Gasteiger charge is 2.54. The summed E-state index contributed by atoms with van der Waals surface area (Å²) in [5.74, 6) is 0. The zero-order valence-corrected chi connectivity index (χ0v) is 7.32. The van der Waals surface area contributed by atoms with Crippen molar-refractivity contribution in [1.29, 1.82) is 10.5 Å². The molecule has 0 saturated heterocycles. The highest BCUT2D eigenvalue weighted by molar-refractivity contribution is 5.20. The van der Waals surface area contributed by atoms with Crippen LogP contribution in [0.3, 0.4) is 0 Å². The maximum atomic E-state index is 8.99. The van der Waals surface area contributed by atoms with Crippen LogP contribution in [-0.2, 0) is 0 Å². The predicted octanol–water partition coefficient (Wildman–Crippen LogP) is 1.94. The van der Waals surface area contributed by atoms with Gasteiger partial charge in [-0.25, -0.2) is 0 Å². The molecule has 0 aromatic rings. The van der Waals surface area contributed by atoms with Crippen LogP contribution in [0.25, 0.3) is 0 Å². The Morgan fingerprint density at radius 2 is 2.00 bits per heavy atom. The van der Waals surface area contributed by atoms with E-state index in [0.717, 1.165) is 19.3 Å². The molecule has 4 heteroatoms. The number of hydrogen-bond acceptors (Lipinski definition) is 4. The summed E-state index contributed by atoms with van der Waals surface area (Å²) >= 11 is 0. The van der Waals surface area contributed by atoms with Crippen molar-refractivity contribution in [1.82, 2.24) is 0 Å². The van der Waals surface area contributed by atoms with Crippen LogP contribution in [-0.4, -0.2) is 11.1 Å². The van der Waals surface area contributed by atoms with E-state index < -0.39 is 5.54 Å². The van der Waals surface area contributed by atoms with E-state index in [9.17, 15) is 0 Å². The molecule has 0 aromatic heterocycles. The smallest absolute Gasteiger partial charge is 0.170 e. The fourth-order valence-electron chi connectivity index (χ4n) is 1.76. The first-order valence-electron chi connectivity index (χ1n) is 4.47. The monoisotopic (exact) mass is 174 g/mol. The van der Waals surface area contributed by atoms with Gasteiger partial charge in [0.1, 0.15) is 0 Å². The van der Waals surface area contributed by atoms with Gasteiger partial charge in [0.05, 0.1) is 17.7 Å². The topological polar surface area (TPSA) is 72.3 Å². The molecule has 1 aliphatic heterocycles. The van der Waals surface area contributed by atoms with Gasteiger partial charge in [-0.3, -0.25) is 0 Å². The van der Waals surface area contributed by atoms with Crippen LogP contribution in [0.5, 0.6) is 0 Å². The van der Waals surface area contributed by atoms with Gasteiger partial charge in [0, 0.05) is 19.3 Å². The highest BCUT2D eigenvalue weighted by Crippen LogP contribution is 2.52. The van der Waals surface area contributed by atoms with Gasteiger partial charge >= 0.3 is 0 Å². The zero-order chi connectivity index (χ0) is 9.36. The van der Waals surface area contributed by atoms with Crippen molar-refractivity contribution in [3.8, 4) is 12.1 Å². The summed E-state index contributed by atoms with van der Waals surface area (Å²) in [4.78, 5) is 0. The third kappa shape index (κ3) is 1.29. The molecule has 0 amide bonds. The van der Waals surface area contributed by atoms with Gasteiger partial charge in [-0.1, -0.05) is 0 Å². The highest BCUT2D eigenvalue weighted by atomic mass is 15.3. The second-order valence-electron chi connectivity index (χ2n) is 3.90. The molecule has 0 bridgehead atoms. The van der Waals surface area contributed by atoms with Gasteiger partial charge in [-0.05, 0) is 12.8 Å². The molecule has 2 aliphatic rings. The van der Waals surface area contributed by atoms with E-state index in [2.05, 4.69) is 16.3 Å². The van der Waals surface area contributed by atoms with Crippen LogP contribution < -0.4 is 0 Å². The van der Waals surface area contributed by atoms with E-state index in [-0.39, 0.29) is 5.54 Å². The lowest BCUT2D eigenvalue weighted by atomic mass is 9.89. The molecule has 0 aromatic carbocycles. The molecule has 4 nitrogen and oxygen atoms in total. The van der Waals surface area contributed by atoms with E-state index in [1.54, 1.807) is 0 Å². The molecule has 13 heavy (non-hydrogen) atoms. The van der Waals surface area contributed by atoms with Crippen molar-refractivity contribution in [3.05, 3.63) is 0 Å². The number of hydrogen-bond donors (Lipinski definition) is 0. The molecule has 1 saturated carbocycles. The summed E-state index contributed by atoms with van der Waals surface area (Å²) in [6, 6.07) is 4.24. The van der Waals surface area contributed by atoms with Gasteiger partial charge in [0.25, 0.3) is 0 Å². The molecular formula is C9H10N4. The Morgan fingerprint density at radius 1 is 1.23 bits per heavy atom. The Bertz CT molecular complexity index is 329. The maximum Gasteiger partial charge on any atom is 0.170 e. The maximum absolute atomic E-state index is 8.99. The molecular weight excluding hydrogens is 164 g/mol. The standard InChI is InChI=1S/C9H10N4/c10-5-1-2-9(7-11)6-8(3-4-8)12-13-9/h1-4,6H2. The Kier molecular flexibility index (Phi) is 1.60. The van der Waals surface area contributed by atoms with Crippen molar-refractivity contribution < 1.29 is 0 Å². The molecule has 1 spiro atoms. The lowest BCUT2D eigenvalue weighted by Crippen LogP contribution is -2.24. The third-order valence-electron chi connectivity index (χ3n) is 2.76. The molecule has 0 N–H and O–H groups in total. The fourth-order valence-corrected chi connectivity index (χ4v) is 1.76. The molecule has 0 radical (unpaired) electrons. The first kappa shape index (κ1) is 8.19. The minimum atomic E-state index is -0.674. The number of nitriles is 2. The average Bonchev–Trinajstić information content (AvgIpc) is 2.79. The third-order valence-corrected chi connectivity index (χ3v) is 2.76. The van der Waals surface area contributed by atoms with E-state index in [1.165, 1.54) is 0 Å². The largest absolute Gasteiger partial charge is 0.198 e. The van der Waals surface area contributed by atoms with Crippen molar-refractivity contribution in [2.75, 3.05) is 0 Å². The van der Waals surface area contributed by atoms with E-state index >= 15 is 0 Å². The minimum Gasteiger partial charge on any atom is -0.198 e. The van der Waals surface area contributed by atoms with E-state index in [1.807, 2.05) is 6.07 Å². The first-order chi connectivity index (χ1) is 6.24. The van der Waals surface area contributed by atoms with Crippen molar-refractivity contribution in [2.24, 2.45) is 10.2 Å². The number of rotatable bonds is 2. The average molecular weight is 174 g/mol. The molecule has 2 rings (SSSR count). The van der Waals surface area contributed by atoms with Crippen LogP contribution in [0.1, 0.15) is 32.1 Å². The summed E-state index contributed by atoms with van der Waals surface area (Å²) in [5.41, 5.74) is -0.669. The summed E-state index contributed by atoms with van der Waals surface area (Å²) in [7, 11) is 0. The SMILES string of the molecule is N#CCCC1(C#N)CC2(CC2)N=N1. The Hall–Kier alpha value is -1.42. The van der Waals surface area contributed by atoms with Crippen LogP contribution in [0.2, 0.25) is 0 Å². The van der Waals surface area contributed by atoms with Crippen LogP contribution in [0.15, 0.2) is 10.2 Å². The van der Waals surface area contributed by atoms with Crippen molar-refractivity contribution >= 4 is 0 Å². The molecule has 1 heterocycles. The quantitative estimate of drug-likeness (QED) is 0.641. The van der Waals surface area contributed by atoms with Crippen LogP contribution in [0.4, 0.5) is 0 Å². The van der Waals surface area contributed by atoms with Crippen molar-refractivity contribution in [2.45, 2.75) is 43.2 Å². The molecule has 66 valence electrons. The molecule has 1 fully saturated rings. The Labute approximate surface area is 76.9 Å². The predicted molar refractivity (Wildman–Crippen MR) is 44.6 cm³/mol. The van der Waals surface area contributed by atoms with Gasteiger partial charge in [-0.15, -0.1) is 0 Å². The normalized spacial score (nSPS) is 32.8. The number of nitrogens with zero attached hydrogens (tertiary/aromatic N) is 4. The van der Waals surface area contributed by atoms with Crippen LogP contribution >= 0.6 is 0 Å². The number of azo groups is 1. The fraction of sp³-hybridized carbons (Fsp3) is 0.778. The van der Waals surface area contributed by atoms with Gasteiger partial charge in [-0.2, -0.15) is 20.8 Å². The van der Waals surface area contributed by atoms with Crippen LogP contribution in [0, 0.1) is 22.7 Å². The second kappa shape index (κ2) is 2.53. The molecule has 1 unspecified atom stereocenters. The van der Waals surface area contributed by atoms with Gasteiger partial charge < -0.3 is 0 Å². The Morgan fingerprint density at radius 3 is 2.46 bits per heavy atom. The zero-order valence-electron chi connectivity index (χ0n) is 7.32. The summed E-state index contributed by atoms with van der Waals surface area (Å²) in [6.45, 7) is 0. The van der Waals surface area contributed by atoms with Crippen molar-refractivity contribution in [3.63, 3.8) is 0 Å². The molecule has 1 aliphatic carbocycles. The van der Waals surface area contributed by atoms with Gasteiger partial charge in [0.2, 0.25) is 0 Å². The lowest BCUT2D eigenvalue weighted by Gasteiger charge is -2.13. The summed E-state index contributed by atoms with van der Waals surface area (Å²) in [6.07, 6.45) is 3.78. The molecule has 1 atom stereocenters. The van der Waals surface area contributed by atoms with Gasteiger partial charge in [0.15, 0.2) is 5.54 Å². The Balaban J connectivity index is 2.08. The first-order valence-corrected chi connectivity index (χ1v) is 4.47. The lowest BCUT2D eigenvalue weighted by molar-refractivity contribution is 0.480. The van der Waals surface area contributed by atoms with E-state index in [4.69, 9.17) is 10.5 Å².